The minimum Gasteiger partial charge on any atom is -0.354 e. The highest BCUT2D eigenvalue weighted by molar-refractivity contribution is 5.91. The van der Waals surface area contributed by atoms with Crippen molar-refractivity contribution < 1.29 is 4.79 Å². The molecule has 0 spiro atoms. The Morgan fingerprint density at radius 3 is 2.69 bits per heavy atom. The molecule has 0 saturated carbocycles. The lowest BCUT2D eigenvalue weighted by atomic mass is 9.96. The number of nitrogens with zero attached hydrogens (tertiary/aromatic N) is 4. The molecule has 0 aliphatic carbocycles. The molecular weight excluding hydrogens is 326 g/mol. The SMILES string of the molecule is N#Cc1nccnc1N1CCC(CNC(=O)C=Cc2ccccc2)CC1. The molecule has 0 bridgehead atoms. The minimum absolute atomic E-state index is 0.0722. The Labute approximate surface area is 153 Å². The van der Waals surface area contributed by atoms with Crippen molar-refractivity contribution in [1.29, 1.82) is 5.26 Å². The maximum absolute atomic E-state index is 12.0. The number of carbonyl (C=O) groups excluding carboxylic acids is 1. The standard InChI is InChI=1S/C20H21N5O/c21-14-18-20(23-11-10-22-18)25-12-8-17(9-13-25)15-24-19(26)7-6-16-4-2-1-3-5-16/h1-7,10-11,17H,8-9,12-13,15H2,(H,24,26). The monoisotopic (exact) mass is 347 g/mol. The van der Waals surface area contributed by atoms with E-state index in [0.717, 1.165) is 31.5 Å². The van der Waals surface area contributed by atoms with Gasteiger partial charge in [-0.25, -0.2) is 9.97 Å². The van der Waals surface area contributed by atoms with Gasteiger partial charge in [0.15, 0.2) is 11.5 Å². The maximum Gasteiger partial charge on any atom is 0.244 e. The van der Waals surface area contributed by atoms with E-state index in [-0.39, 0.29) is 5.91 Å². The first-order valence-electron chi connectivity index (χ1n) is 8.73. The van der Waals surface area contributed by atoms with E-state index >= 15 is 0 Å². The molecule has 1 aromatic heterocycles. The van der Waals surface area contributed by atoms with Crippen molar-refractivity contribution in [2.45, 2.75) is 12.8 Å². The Morgan fingerprint density at radius 1 is 1.23 bits per heavy atom. The van der Waals surface area contributed by atoms with Gasteiger partial charge in [0, 0.05) is 38.1 Å². The van der Waals surface area contributed by atoms with Crippen LogP contribution < -0.4 is 10.2 Å². The first-order valence-corrected chi connectivity index (χ1v) is 8.73. The summed E-state index contributed by atoms with van der Waals surface area (Å²) in [6.07, 6.45) is 8.43. The molecule has 2 aromatic rings. The fourth-order valence-corrected chi connectivity index (χ4v) is 3.03. The normalized spacial score (nSPS) is 15.0. The summed E-state index contributed by atoms with van der Waals surface area (Å²) in [5.74, 6) is 1.02. The number of carbonyl (C=O) groups is 1. The van der Waals surface area contributed by atoms with Gasteiger partial charge < -0.3 is 10.2 Å². The zero-order valence-corrected chi connectivity index (χ0v) is 14.5. The van der Waals surface area contributed by atoms with E-state index in [1.807, 2.05) is 36.4 Å². The molecule has 3 rings (SSSR count). The minimum atomic E-state index is -0.0722. The van der Waals surface area contributed by atoms with Gasteiger partial charge in [0.25, 0.3) is 0 Å². The number of rotatable bonds is 5. The molecule has 26 heavy (non-hydrogen) atoms. The van der Waals surface area contributed by atoms with E-state index in [4.69, 9.17) is 5.26 Å². The molecule has 1 saturated heterocycles. The Balaban J connectivity index is 1.45. The lowest BCUT2D eigenvalue weighted by Crippen LogP contribution is -2.39. The highest BCUT2D eigenvalue weighted by atomic mass is 16.1. The smallest absolute Gasteiger partial charge is 0.244 e. The number of nitriles is 1. The molecule has 1 aliphatic rings. The van der Waals surface area contributed by atoms with Gasteiger partial charge in [-0.15, -0.1) is 0 Å². The Kier molecular flexibility index (Phi) is 5.94. The number of amides is 1. The number of nitrogens with one attached hydrogen (secondary N) is 1. The summed E-state index contributed by atoms with van der Waals surface area (Å²) in [6, 6.07) is 11.8. The number of anilines is 1. The van der Waals surface area contributed by atoms with E-state index in [0.29, 0.717) is 24.0 Å². The number of benzene rings is 1. The average molecular weight is 347 g/mol. The average Bonchev–Trinajstić information content (AvgIpc) is 2.72. The fourth-order valence-electron chi connectivity index (χ4n) is 3.03. The van der Waals surface area contributed by atoms with Crippen LogP contribution >= 0.6 is 0 Å². The summed E-state index contributed by atoms with van der Waals surface area (Å²) in [4.78, 5) is 22.4. The van der Waals surface area contributed by atoms with Crippen LogP contribution in [-0.4, -0.2) is 35.5 Å². The van der Waals surface area contributed by atoms with Crippen LogP contribution in [0.25, 0.3) is 6.08 Å². The molecule has 1 N–H and O–H groups in total. The second kappa shape index (κ2) is 8.77. The quantitative estimate of drug-likeness (QED) is 0.840. The van der Waals surface area contributed by atoms with Gasteiger partial charge in [-0.05, 0) is 30.4 Å². The van der Waals surface area contributed by atoms with Crippen molar-refractivity contribution in [1.82, 2.24) is 15.3 Å². The summed E-state index contributed by atoms with van der Waals surface area (Å²) in [5, 5.41) is 12.1. The van der Waals surface area contributed by atoms with Gasteiger partial charge in [0.2, 0.25) is 5.91 Å². The Morgan fingerprint density at radius 2 is 1.96 bits per heavy atom. The van der Waals surface area contributed by atoms with Crippen LogP contribution in [0.3, 0.4) is 0 Å². The van der Waals surface area contributed by atoms with Gasteiger partial charge in [0.05, 0.1) is 0 Å². The van der Waals surface area contributed by atoms with E-state index in [2.05, 4.69) is 26.3 Å². The highest BCUT2D eigenvalue weighted by Gasteiger charge is 2.22. The van der Waals surface area contributed by atoms with Crippen LogP contribution in [0, 0.1) is 17.2 Å². The third-order valence-electron chi connectivity index (χ3n) is 4.49. The maximum atomic E-state index is 12.0. The molecule has 1 aliphatic heterocycles. The molecule has 1 aromatic carbocycles. The molecular formula is C20H21N5O. The number of piperidine rings is 1. The number of hydrogen-bond donors (Lipinski definition) is 1. The van der Waals surface area contributed by atoms with Gasteiger partial charge in [-0.2, -0.15) is 5.26 Å². The van der Waals surface area contributed by atoms with Crippen LogP contribution in [0.5, 0.6) is 0 Å². The van der Waals surface area contributed by atoms with Crippen LogP contribution in [0.4, 0.5) is 5.82 Å². The lowest BCUT2D eigenvalue weighted by Gasteiger charge is -2.32. The molecule has 0 unspecified atom stereocenters. The van der Waals surface area contributed by atoms with Crippen molar-refractivity contribution >= 4 is 17.8 Å². The molecule has 2 heterocycles. The number of aromatic nitrogens is 2. The third-order valence-corrected chi connectivity index (χ3v) is 4.49. The van der Waals surface area contributed by atoms with Crippen LogP contribution in [-0.2, 0) is 4.79 Å². The second-order valence-corrected chi connectivity index (χ2v) is 6.26. The second-order valence-electron chi connectivity index (χ2n) is 6.26. The Hall–Kier alpha value is -3.20. The molecule has 6 heteroatoms. The van der Waals surface area contributed by atoms with Crippen LogP contribution in [0.1, 0.15) is 24.1 Å². The zero-order chi connectivity index (χ0) is 18.2. The summed E-state index contributed by atoms with van der Waals surface area (Å²) < 4.78 is 0. The van der Waals surface area contributed by atoms with Crippen molar-refractivity contribution in [3.63, 3.8) is 0 Å². The van der Waals surface area contributed by atoms with Crippen molar-refractivity contribution in [2.24, 2.45) is 5.92 Å². The summed E-state index contributed by atoms with van der Waals surface area (Å²) in [6.45, 7) is 2.29. The lowest BCUT2D eigenvalue weighted by molar-refractivity contribution is -0.116. The topological polar surface area (TPSA) is 81.9 Å². The molecule has 0 atom stereocenters. The zero-order valence-electron chi connectivity index (χ0n) is 14.5. The first-order chi connectivity index (χ1) is 12.8. The number of hydrogen-bond acceptors (Lipinski definition) is 5. The highest BCUT2D eigenvalue weighted by Crippen LogP contribution is 2.22. The Bertz CT molecular complexity index is 804. The van der Waals surface area contributed by atoms with E-state index < -0.39 is 0 Å². The summed E-state index contributed by atoms with van der Waals surface area (Å²) in [5.41, 5.74) is 1.37. The third kappa shape index (κ3) is 4.67. The molecule has 132 valence electrons. The molecule has 0 radical (unpaired) electrons. The molecule has 1 fully saturated rings. The van der Waals surface area contributed by atoms with E-state index in [1.54, 1.807) is 12.3 Å². The molecule has 6 nitrogen and oxygen atoms in total. The van der Waals surface area contributed by atoms with Gasteiger partial charge in [0.1, 0.15) is 6.07 Å². The van der Waals surface area contributed by atoms with Crippen LogP contribution in [0.15, 0.2) is 48.8 Å². The molecule has 1 amide bonds. The predicted octanol–water partition coefficient (Wildman–Crippen LogP) is 2.39. The summed E-state index contributed by atoms with van der Waals surface area (Å²) >= 11 is 0. The van der Waals surface area contributed by atoms with Crippen LogP contribution in [0.2, 0.25) is 0 Å². The van der Waals surface area contributed by atoms with E-state index in [9.17, 15) is 4.79 Å². The van der Waals surface area contributed by atoms with Crippen molar-refractivity contribution in [3.8, 4) is 6.07 Å². The first kappa shape index (κ1) is 17.6. The van der Waals surface area contributed by atoms with Crippen molar-refractivity contribution in [2.75, 3.05) is 24.5 Å². The van der Waals surface area contributed by atoms with E-state index in [1.165, 1.54) is 6.20 Å². The summed E-state index contributed by atoms with van der Waals surface area (Å²) in [7, 11) is 0. The van der Waals surface area contributed by atoms with Gasteiger partial charge in [-0.1, -0.05) is 30.3 Å². The van der Waals surface area contributed by atoms with Gasteiger partial charge >= 0.3 is 0 Å². The largest absolute Gasteiger partial charge is 0.354 e. The van der Waals surface area contributed by atoms with Gasteiger partial charge in [-0.3, -0.25) is 4.79 Å². The predicted molar refractivity (Wildman–Crippen MR) is 100 cm³/mol. The fraction of sp³-hybridized carbons (Fsp3) is 0.300. The van der Waals surface area contributed by atoms with Crippen molar-refractivity contribution in [3.05, 3.63) is 60.1 Å².